The van der Waals surface area contributed by atoms with Crippen molar-refractivity contribution in [2.75, 3.05) is 20.1 Å². The summed E-state index contributed by atoms with van der Waals surface area (Å²) in [4.78, 5) is 2.50. The summed E-state index contributed by atoms with van der Waals surface area (Å²) in [6.07, 6.45) is 5.41. The molecule has 0 radical (unpaired) electrons. The first-order chi connectivity index (χ1) is 6.69. The van der Waals surface area contributed by atoms with Gasteiger partial charge in [-0.3, -0.25) is 0 Å². The zero-order valence-corrected chi connectivity index (χ0v) is 10.00. The standard InChI is InChI=1S/C12H26N2/c1-4-5-11(8-13)9-14(3)10(2)12-6-7-12/h10-12H,4-9,13H2,1-3H3. The third-order valence-corrected chi connectivity index (χ3v) is 3.58. The minimum atomic E-state index is 0.700. The molecule has 0 heterocycles. The van der Waals surface area contributed by atoms with Gasteiger partial charge in [0.05, 0.1) is 0 Å². The van der Waals surface area contributed by atoms with E-state index >= 15 is 0 Å². The Labute approximate surface area is 88.8 Å². The van der Waals surface area contributed by atoms with Gasteiger partial charge in [0.15, 0.2) is 0 Å². The quantitative estimate of drug-likeness (QED) is 0.679. The third-order valence-electron chi connectivity index (χ3n) is 3.58. The second-order valence-corrected chi connectivity index (χ2v) is 4.91. The van der Waals surface area contributed by atoms with Gasteiger partial charge in [-0.1, -0.05) is 13.3 Å². The molecule has 0 aromatic carbocycles. The van der Waals surface area contributed by atoms with Crippen LogP contribution < -0.4 is 5.73 Å². The first-order valence-electron chi connectivity index (χ1n) is 6.09. The monoisotopic (exact) mass is 198 g/mol. The molecule has 84 valence electrons. The van der Waals surface area contributed by atoms with Crippen molar-refractivity contribution in [1.29, 1.82) is 0 Å². The lowest BCUT2D eigenvalue weighted by Gasteiger charge is -2.28. The zero-order valence-electron chi connectivity index (χ0n) is 10.00. The van der Waals surface area contributed by atoms with Crippen molar-refractivity contribution in [2.24, 2.45) is 17.6 Å². The van der Waals surface area contributed by atoms with Gasteiger partial charge < -0.3 is 10.6 Å². The molecule has 0 aromatic rings. The average Bonchev–Trinajstić information content (AvgIpc) is 2.99. The maximum atomic E-state index is 5.77. The summed E-state index contributed by atoms with van der Waals surface area (Å²) in [5.74, 6) is 1.67. The van der Waals surface area contributed by atoms with E-state index in [2.05, 4.69) is 25.8 Å². The maximum absolute atomic E-state index is 5.77. The molecule has 2 heteroatoms. The number of hydrogen-bond donors (Lipinski definition) is 1. The summed E-state index contributed by atoms with van der Waals surface area (Å²) in [6.45, 7) is 6.63. The van der Waals surface area contributed by atoms with Crippen molar-refractivity contribution in [3.63, 3.8) is 0 Å². The Morgan fingerprint density at radius 2 is 2.07 bits per heavy atom. The molecule has 0 spiro atoms. The molecule has 14 heavy (non-hydrogen) atoms. The molecule has 1 saturated carbocycles. The predicted molar refractivity (Wildman–Crippen MR) is 62.3 cm³/mol. The molecule has 2 nitrogen and oxygen atoms in total. The van der Waals surface area contributed by atoms with E-state index in [0.29, 0.717) is 5.92 Å². The molecule has 0 bridgehead atoms. The van der Waals surface area contributed by atoms with E-state index in [1.165, 1.54) is 32.2 Å². The topological polar surface area (TPSA) is 29.3 Å². The van der Waals surface area contributed by atoms with Gasteiger partial charge in [-0.15, -0.1) is 0 Å². The van der Waals surface area contributed by atoms with Crippen LogP contribution in [0.3, 0.4) is 0 Å². The van der Waals surface area contributed by atoms with E-state index in [1.807, 2.05) is 0 Å². The van der Waals surface area contributed by atoms with E-state index in [9.17, 15) is 0 Å². The molecule has 0 amide bonds. The Kier molecular flexibility index (Phi) is 4.90. The highest BCUT2D eigenvalue weighted by Crippen LogP contribution is 2.34. The minimum Gasteiger partial charge on any atom is -0.330 e. The Bertz CT molecular complexity index is 154. The third kappa shape index (κ3) is 3.58. The fourth-order valence-corrected chi connectivity index (χ4v) is 2.20. The molecular weight excluding hydrogens is 172 g/mol. The van der Waals surface area contributed by atoms with Crippen LogP contribution in [-0.4, -0.2) is 31.1 Å². The molecule has 0 saturated heterocycles. The van der Waals surface area contributed by atoms with Gasteiger partial charge in [0.25, 0.3) is 0 Å². The van der Waals surface area contributed by atoms with Crippen LogP contribution in [0.2, 0.25) is 0 Å². The number of rotatable bonds is 7. The lowest BCUT2D eigenvalue weighted by atomic mass is 10.0. The molecule has 2 unspecified atom stereocenters. The Balaban J connectivity index is 2.25. The van der Waals surface area contributed by atoms with Gasteiger partial charge in [0.1, 0.15) is 0 Å². The van der Waals surface area contributed by atoms with E-state index in [0.717, 1.165) is 18.5 Å². The van der Waals surface area contributed by atoms with E-state index in [-0.39, 0.29) is 0 Å². The SMILES string of the molecule is CCCC(CN)CN(C)C(C)C1CC1. The first kappa shape index (κ1) is 12.0. The average molecular weight is 198 g/mol. The molecule has 1 fully saturated rings. The van der Waals surface area contributed by atoms with Crippen LogP contribution in [0.5, 0.6) is 0 Å². The molecular formula is C12H26N2. The Morgan fingerprint density at radius 3 is 2.50 bits per heavy atom. The van der Waals surface area contributed by atoms with Gasteiger partial charge in [-0.25, -0.2) is 0 Å². The molecule has 0 aromatic heterocycles. The van der Waals surface area contributed by atoms with Crippen LogP contribution in [0, 0.1) is 11.8 Å². The van der Waals surface area contributed by atoms with Gasteiger partial charge >= 0.3 is 0 Å². The highest BCUT2D eigenvalue weighted by molar-refractivity contribution is 4.84. The Morgan fingerprint density at radius 1 is 1.43 bits per heavy atom. The molecule has 0 aliphatic heterocycles. The van der Waals surface area contributed by atoms with Crippen molar-refractivity contribution < 1.29 is 0 Å². The van der Waals surface area contributed by atoms with Crippen LogP contribution in [0.15, 0.2) is 0 Å². The molecule has 2 N–H and O–H groups in total. The van der Waals surface area contributed by atoms with Crippen molar-refractivity contribution in [3.8, 4) is 0 Å². The second kappa shape index (κ2) is 5.72. The van der Waals surface area contributed by atoms with Gasteiger partial charge in [0.2, 0.25) is 0 Å². The van der Waals surface area contributed by atoms with Crippen molar-refractivity contribution in [2.45, 2.75) is 45.6 Å². The molecule has 1 aliphatic rings. The number of hydrogen-bond acceptors (Lipinski definition) is 2. The normalized spacial score (nSPS) is 21.2. The predicted octanol–water partition coefficient (Wildman–Crippen LogP) is 2.09. The van der Waals surface area contributed by atoms with Gasteiger partial charge in [0, 0.05) is 12.6 Å². The van der Waals surface area contributed by atoms with Gasteiger partial charge in [-0.2, -0.15) is 0 Å². The van der Waals surface area contributed by atoms with E-state index < -0.39 is 0 Å². The fraction of sp³-hybridized carbons (Fsp3) is 1.00. The van der Waals surface area contributed by atoms with Crippen LogP contribution in [0.1, 0.15) is 39.5 Å². The first-order valence-corrected chi connectivity index (χ1v) is 6.09. The summed E-state index contributed by atoms with van der Waals surface area (Å²) < 4.78 is 0. The minimum absolute atomic E-state index is 0.700. The van der Waals surface area contributed by atoms with Crippen LogP contribution in [0.25, 0.3) is 0 Å². The zero-order chi connectivity index (χ0) is 10.6. The molecule has 1 rings (SSSR count). The highest BCUT2D eigenvalue weighted by atomic mass is 15.1. The van der Waals surface area contributed by atoms with Crippen molar-refractivity contribution >= 4 is 0 Å². The van der Waals surface area contributed by atoms with Gasteiger partial charge in [-0.05, 0) is 51.6 Å². The maximum Gasteiger partial charge on any atom is 0.00922 e. The van der Waals surface area contributed by atoms with Crippen LogP contribution in [0.4, 0.5) is 0 Å². The lowest BCUT2D eigenvalue weighted by Crippen LogP contribution is -2.37. The lowest BCUT2D eigenvalue weighted by molar-refractivity contribution is 0.196. The summed E-state index contributed by atoms with van der Waals surface area (Å²) in [6, 6.07) is 0.765. The summed E-state index contributed by atoms with van der Waals surface area (Å²) >= 11 is 0. The number of nitrogens with zero attached hydrogens (tertiary/aromatic N) is 1. The molecule has 2 atom stereocenters. The summed E-state index contributed by atoms with van der Waals surface area (Å²) in [7, 11) is 2.25. The largest absolute Gasteiger partial charge is 0.330 e. The van der Waals surface area contributed by atoms with E-state index in [1.54, 1.807) is 0 Å². The fourth-order valence-electron chi connectivity index (χ4n) is 2.20. The van der Waals surface area contributed by atoms with Crippen molar-refractivity contribution in [3.05, 3.63) is 0 Å². The molecule has 1 aliphatic carbocycles. The smallest absolute Gasteiger partial charge is 0.00922 e. The number of nitrogens with two attached hydrogens (primary N) is 1. The summed E-state index contributed by atoms with van der Waals surface area (Å²) in [5, 5.41) is 0. The van der Waals surface area contributed by atoms with Crippen LogP contribution in [-0.2, 0) is 0 Å². The van der Waals surface area contributed by atoms with Crippen LogP contribution >= 0.6 is 0 Å². The van der Waals surface area contributed by atoms with E-state index in [4.69, 9.17) is 5.73 Å². The Hall–Kier alpha value is -0.0800. The van der Waals surface area contributed by atoms with Crippen molar-refractivity contribution in [1.82, 2.24) is 4.90 Å². The highest BCUT2D eigenvalue weighted by Gasteiger charge is 2.30. The second-order valence-electron chi connectivity index (χ2n) is 4.91. The summed E-state index contributed by atoms with van der Waals surface area (Å²) in [5.41, 5.74) is 5.77.